The number of rotatable bonds is 8. The molecular weight excluding hydrogens is 460 g/mol. The molecule has 0 aliphatic carbocycles. The average Bonchev–Trinajstić information content (AvgIpc) is 2.67. The van der Waals surface area contributed by atoms with Gasteiger partial charge in [0, 0.05) is 32.8 Å². The number of nitrogens with one attached hydrogen (secondary N) is 2. The van der Waals surface area contributed by atoms with Gasteiger partial charge in [-0.25, -0.2) is 4.39 Å². The number of halogens is 2. The maximum atomic E-state index is 13.7. The molecule has 2 aromatic carbocycles. The summed E-state index contributed by atoms with van der Waals surface area (Å²) >= 11 is 0. The molecule has 0 aromatic heterocycles. The van der Waals surface area contributed by atoms with E-state index in [1.807, 2.05) is 24.3 Å². The number of hydrogen-bond acceptors (Lipinski definition) is 3. The highest BCUT2D eigenvalue weighted by Gasteiger charge is 2.05. The number of ether oxygens (including phenoxy) is 2. The molecule has 0 bridgehead atoms. The van der Waals surface area contributed by atoms with Crippen LogP contribution < -0.4 is 15.4 Å². The average molecular weight is 487 g/mol. The molecule has 2 aromatic rings. The first-order valence-corrected chi connectivity index (χ1v) is 8.50. The number of guanidine groups is 1. The van der Waals surface area contributed by atoms with E-state index in [0.29, 0.717) is 18.1 Å². The van der Waals surface area contributed by atoms with E-state index >= 15 is 0 Å². The van der Waals surface area contributed by atoms with Crippen molar-refractivity contribution in [2.45, 2.75) is 19.6 Å². The lowest BCUT2D eigenvalue weighted by Crippen LogP contribution is -2.37. The number of benzene rings is 2. The molecule has 0 amide bonds. The molecule has 0 atom stereocenters. The van der Waals surface area contributed by atoms with Gasteiger partial charge in [0.25, 0.3) is 0 Å². The Labute approximate surface area is 177 Å². The largest absolute Gasteiger partial charge is 0.496 e. The van der Waals surface area contributed by atoms with Gasteiger partial charge in [0.05, 0.1) is 13.7 Å². The Hall–Kier alpha value is -1.87. The predicted molar refractivity (Wildman–Crippen MR) is 117 cm³/mol. The van der Waals surface area contributed by atoms with Crippen LogP contribution in [0.25, 0.3) is 0 Å². The predicted octanol–water partition coefficient (Wildman–Crippen LogP) is 3.51. The van der Waals surface area contributed by atoms with Gasteiger partial charge >= 0.3 is 0 Å². The van der Waals surface area contributed by atoms with Gasteiger partial charge in [-0.15, -0.1) is 24.0 Å². The van der Waals surface area contributed by atoms with E-state index in [9.17, 15) is 4.39 Å². The standard InChI is InChI=1S/C20H26FN3O2.HI/c1-22-20(23-11-10-16-6-4-5-7-19(16)26-3)24-13-15-8-9-18(21)17(12-15)14-25-2;/h4-9,12H,10-11,13-14H2,1-3H3,(H2,22,23,24);1H. The molecular formula is C20H27FIN3O2. The smallest absolute Gasteiger partial charge is 0.191 e. The van der Waals surface area contributed by atoms with Crippen LogP contribution in [0.15, 0.2) is 47.5 Å². The minimum atomic E-state index is -0.255. The fourth-order valence-corrected chi connectivity index (χ4v) is 2.64. The Balaban J connectivity index is 0.00000364. The van der Waals surface area contributed by atoms with Gasteiger partial charge in [-0.1, -0.05) is 24.3 Å². The summed E-state index contributed by atoms with van der Waals surface area (Å²) in [5.74, 6) is 1.32. The molecule has 0 aliphatic heterocycles. The quantitative estimate of drug-likeness (QED) is 0.340. The van der Waals surface area contributed by atoms with E-state index in [0.717, 1.165) is 29.8 Å². The highest BCUT2D eigenvalue weighted by atomic mass is 127. The first kappa shape index (κ1) is 23.2. The van der Waals surface area contributed by atoms with Crippen molar-refractivity contribution in [1.82, 2.24) is 10.6 Å². The van der Waals surface area contributed by atoms with Crippen LogP contribution in [-0.2, 0) is 24.3 Å². The lowest BCUT2D eigenvalue weighted by Gasteiger charge is -2.13. The van der Waals surface area contributed by atoms with Gasteiger partial charge in [0.15, 0.2) is 5.96 Å². The molecule has 0 radical (unpaired) electrons. The van der Waals surface area contributed by atoms with E-state index in [-0.39, 0.29) is 36.4 Å². The zero-order valence-electron chi connectivity index (χ0n) is 15.9. The summed E-state index contributed by atoms with van der Waals surface area (Å²) in [6.07, 6.45) is 0.819. The molecule has 7 heteroatoms. The van der Waals surface area contributed by atoms with Crippen molar-refractivity contribution in [3.8, 4) is 5.75 Å². The number of para-hydroxylation sites is 1. The molecule has 148 valence electrons. The summed E-state index contributed by atoms with van der Waals surface area (Å²) in [4.78, 5) is 4.22. The first-order chi connectivity index (χ1) is 12.7. The van der Waals surface area contributed by atoms with Gasteiger partial charge in [-0.05, 0) is 35.7 Å². The van der Waals surface area contributed by atoms with Crippen LogP contribution in [0.2, 0.25) is 0 Å². The minimum absolute atomic E-state index is 0. The molecule has 2 N–H and O–H groups in total. The van der Waals surface area contributed by atoms with Crippen molar-refractivity contribution in [2.75, 3.05) is 27.8 Å². The molecule has 0 saturated heterocycles. The van der Waals surface area contributed by atoms with E-state index in [1.165, 1.54) is 6.07 Å². The molecule has 5 nitrogen and oxygen atoms in total. The van der Waals surface area contributed by atoms with Crippen LogP contribution in [0, 0.1) is 5.82 Å². The summed E-state index contributed by atoms with van der Waals surface area (Å²) < 4.78 is 24.0. The van der Waals surface area contributed by atoms with Crippen molar-refractivity contribution in [1.29, 1.82) is 0 Å². The van der Waals surface area contributed by atoms with Crippen LogP contribution in [-0.4, -0.2) is 33.8 Å². The Bertz CT molecular complexity index is 741. The van der Waals surface area contributed by atoms with E-state index in [2.05, 4.69) is 15.6 Å². The van der Waals surface area contributed by atoms with Crippen LogP contribution in [0.5, 0.6) is 5.75 Å². The van der Waals surface area contributed by atoms with Gasteiger partial charge < -0.3 is 20.1 Å². The first-order valence-electron chi connectivity index (χ1n) is 8.50. The van der Waals surface area contributed by atoms with Crippen molar-refractivity contribution in [3.63, 3.8) is 0 Å². The summed E-state index contributed by atoms with van der Waals surface area (Å²) in [5.41, 5.74) is 2.65. The van der Waals surface area contributed by atoms with Crippen molar-refractivity contribution in [3.05, 3.63) is 65.0 Å². The lowest BCUT2D eigenvalue weighted by atomic mass is 10.1. The second-order valence-electron chi connectivity index (χ2n) is 5.77. The lowest BCUT2D eigenvalue weighted by molar-refractivity contribution is 0.181. The topological polar surface area (TPSA) is 54.9 Å². The number of methoxy groups -OCH3 is 2. The Kier molecular flexibility index (Phi) is 10.7. The summed E-state index contributed by atoms with van der Waals surface area (Å²) in [5, 5.41) is 6.51. The molecule has 2 rings (SSSR count). The van der Waals surface area contributed by atoms with E-state index < -0.39 is 0 Å². The fourth-order valence-electron chi connectivity index (χ4n) is 2.64. The van der Waals surface area contributed by atoms with Crippen molar-refractivity contribution in [2.24, 2.45) is 4.99 Å². The number of nitrogens with zero attached hydrogens (tertiary/aromatic N) is 1. The highest BCUT2D eigenvalue weighted by Crippen LogP contribution is 2.17. The molecule has 27 heavy (non-hydrogen) atoms. The van der Waals surface area contributed by atoms with Crippen molar-refractivity contribution < 1.29 is 13.9 Å². The second kappa shape index (κ2) is 12.5. The maximum absolute atomic E-state index is 13.7. The number of aliphatic imine (C=N–C) groups is 1. The summed E-state index contributed by atoms with van der Waals surface area (Å²) in [6, 6.07) is 13.0. The molecule has 0 heterocycles. The molecule has 0 unspecified atom stereocenters. The third kappa shape index (κ3) is 7.34. The summed E-state index contributed by atoms with van der Waals surface area (Å²) in [7, 11) is 4.95. The molecule has 0 aliphatic rings. The zero-order chi connectivity index (χ0) is 18.8. The second-order valence-corrected chi connectivity index (χ2v) is 5.77. The highest BCUT2D eigenvalue weighted by molar-refractivity contribution is 14.0. The van der Waals surface area contributed by atoms with Gasteiger partial charge in [-0.2, -0.15) is 0 Å². The third-order valence-corrected chi connectivity index (χ3v) is 3.97. The Morgan fingerprint density at radius 2 is 1.85 bits per heavy atom. The molecule has 0 spiro atoms. The number of hydrogen-bond donors (Lipinski definition) is 2. The van der Waals surface area contributed by atoms with Crippen LogP contribution in [0.3, 0.4) is 0 Å². The minimum Gasteiger partial charge on any atom is -0.496 e. The van der Waals surface area contributed by atoms with Crippen molar-refractivity contribution >= 4 is 29.9 Å². The SMILES string of the molecule is CN=C(NCCc1ccccc1OC)NCc1ccc(F)c(COC)c1.I. The van der Waals surface area contributed by atoms with E-state index in [4.69, 9.17) is 9.47 Å². The van der Waals surface area contributed by atoms with Gasteiger partial charge in [0.1, 0.15) is 11.6 Å². The normalized spacial score (nSPS) is 10.9. The molecule has 0 saturated carbocycles. The Morgan fingerprint density at radius 1 is 1.07 bits per heavy atom. The van der Waals surface area contributed by atoms with Gasteiger partial charge in [0.2, 0.25) is 0 Å². The fraction of sp³-hybridized carbons (Fsp3) is 0.350. The maximum Gasteiger partial charge on any atom is 0.191 e. The zero-order valence-corrected chi connectivity index (χ0v) is 18.3. The van der Waals surface area contributed by atoms with Gasteiger partial charge in [-0.3, -0.25) is 4.99 Å². The van der Waals surface area contributed by atoms with Crippen LogP contribution in [0.1, 0.15) is 16.7 Å². The molecule has 0 fully saturated rings. The van der Waals surface area contributed by atoms with Crippen LogP contribution in [0.4, 0.5) is 4.39 Å². The van der Waals surface area contributed by atoms with E-state index in [1.54, 1.807) is 33.4 Å². The monoisotopic (exact) mass is 487 g/mol. The third-order valence-electron chi connectivity index (χ3n) is 3.97. The van der Waals surface area contributed by atoms with Crippen LogP contribution >= 0.6 is 24.0 Å². The summed E-state index contributed by atoms with van der Waals surface area (Å²) in [6.45, 7) is 1.52. The Morgan fingerprint density at radius 3 is 2.56 bits per heavy atom.